The lowest BCUT2D eigenvalue weighted by Gasteiger charge is -2.23. The highest BCUT2D eigenvalue weighted by molar-refractivity contribution is 9.11. The Bertz CT molecular complexity index is 327. The van der Waals surface area contributed by atoms with Gasteiger partial charge in [-0.1, -0.05) is 39.5 Å². The van der Waals surface area contributed by atoms with Crippen LogP contribution in [0.15, 0.2) is 15.2 Å². The Morgan fingerprint density at radius 2 is 2.06 bits per heavy atom. The van der Waals surface area contributed by atoms with Crippen molar-refractivity contribution < 1.29 is 9.84 Å². The smallest absolute Gasteiger partial charge is 0.200 e. The summed E-state index contributed by atoms with van der Waals surface area (Å²) in [6.07, 6.45) is 6.08. The van der Waals surface area contributed by atoms with Gasteiger partial charge < -0.3 is 9.84 Å². The fourth-order valence-electron chi connectivity index (χ4n) is 2.05. The van der Waals surface area contributed by atoms with Crippen LogP contribution in [0.25, 0.3) is 0 Å². The lowest BCUT2D eigenvalue weighted by molar-refractivity contribution is -0.0680. The molecule has 0 saturated heterocycles. The molecule has 0 aliphatic heterocycles. The van der Waals surface area contributed by atoms with E-state index in [0.29, 0.717) is 0 Å². The quantitative estimate of drug-likeness (QED) is 0.496. The van der Waals surface area contributed by atoms with E-state index >= 15 is 0 Å². The Hall–Kier alpha value is -0.0600. The number of ether oxygens (including phenoxy) is 1. The number of unbranched alkanes of at least 4 members (excludes halogenated alkanes) is 2. The summed E-state index contributed by atoms with van der Waals surface area (Å²) in [5, 5.41) is 12.2. The molecule has 0 bridgehead atoms. The van der Waals surface area contributed by atoms with Crippen molar-refractivity contribution in [2.45, 2.75) is 58.7 Å². The van der Waals surface area contributed by atoms with Gasteiger partial charge in [-0.05, 0) is 40.2 Å². The third kappa shape index (κ3) is 5.29. The average Bonchev–Trinajstić information content (AvgIpc) is 2.74. The van der Waals surface area contributed by atoms with E-state index in [1.165, 1.54) is 19.3 Å². The first kappa shape index (κ1) is 16.0. The molecule has 2 atom stereocenters. The fourth-order valence-corrected chi connectivity index (χ4v) is 3.14. The van der Waals surface area contributed by atoms with Gasteiger partial charge in [0.25, 0.3) is 0 Å². The van der Waals surface area contributed by atoms with Gasteiger partial charge in [-0.3, -0.25) is 0 Å². The number of rotatable bonds is 9. The Balaban J connectivity index is 2.48. The Morgan fingerprint density at radius 1 is 1.28 bits per heavy atom. The largest absolute Gasteiger partial charge is 0.463 e. The lowest BCUT2D eigenvalue weighted by Crippen LogP contribution is -2.26. The summed E-state index contributed by atoms with van der Waals surface area (Å²) in [7, 11) is 0. The van der Waals surface area contributed by atoms with Crippen LogP contribution in [0, 0.1) is 5.92 Å². The van der Waals surface area contributed by atoms with Crippen LogP contribution >= 0.6 is 27.3 Å². The second-order valence-electron chi connectivity index (χ2n) is 4.61. The molecule has 0 amide bonds. The minimum absolute atomic E-state index is 0.244. The molecule has 1 N–H and O–H groups in total. The molecule has 1 rings (SSSR count). The van der Waals surface area contributed by atoms with Gasteiger partial charge in [-0.25, -0.2) is 0 Å². The molecular weight excluding hydrogens is 312 g/mol. The van der Waals surface area contributed by atoms with Crippen molar-refractivity contribution in [3.8, 4) is 5.75 Å². The van der Waals surface area contributed by atoms with E-state index in [4.69, 9.17) is 4.74 Å². The van der Waals surface area contributed by atoms with E-state index in [2.05, 4.69) is 29.8 Å². The zero-order chi connectivity index (χ0) is 13.4. The van der Waals surface area contributed by atoms with Crippen molar-refractivity contribution in [3.63, 3.8) is 0 Å². The SMILES string of the molecule is CCCCCC(CCC)C(O)Oc1ccsc1Br. The predicted octanol–water partition coefficient (Wildman–Crippen LogP) is 5.20. The molecule has 0 spiro atoms. The highest BCUT2D eigenvalue weighted by atomic mass is 79.9. The zero-order valence-electron chi connectivity index (χ0n) is 11.2. The molecule has 1 aromatic heterocycles. The van der Waals surface area contributed by atoms with E-state index in [1.807, 2.05) is 11.4 Å². The number of aliphatic hydroxyl groups excluding tert-OH is 1. The van der Waals surface area contributed by atoms with Crippen LogP contribution in [0.1, 0.15) is 52.4 Å². The topological polar surface area (TPSA) is 29.5 Å². The summed E-state index contributed by atoms with van der Waals surface area (Å²) in [6.45, 7) is 4.35. The molecule has 0 saturated carbocycles. The molecule has 0 aromatic carbocycles. The van der Waals surface area contributed by atoms with Gasteiger partial charge >= 0.3 is 0 Å². The zero-order valence-corrected chi connectivity index (χ0v) is 13.6. The van der Waals surface area contributed by atoms with Crippen LogP contribution in [-0.4, -0.2) is 11.4 Å². The monoisotopic (exact) mass is 334 g/mol. The predicted molar refractivity (Wildman–Crippen MR) is 81.2 cm³/mol. The van der Waals surface area contributed by atoms with Crippen molar-refractivity contribution >= 4 is 27.3 Å². The number of halogens is 1. The molecule has 0 fully saturated rings. The van der Waals surface area contributed by atoms with Gasteiger partial charge in [0.2, 0.25) is 0 Å². The molecule has 1 heterocycles. The molecule has 2 nitrogen and oxygen atoms in total. The van der Waals surface area contributed by atoms with Crippen LogP contribution in [0.3, 0.4) is 0 Å². The highest BCUT2D eigenvalue weighted by Crippen LogP contribution is 2.32. The summed E-state index contributed by atoms with van der Waals surface area (Å²) in [6, 6.07) is 1.90. The summed E-state index contributed by atoms with van der Waals surface area (Å²) in [4.78, 5) is 0. The van der Waals surface area contributed by atoms with Gasteiger partial charge in [-0.15, -0.1) is 11.3 Å². The molecule has 104 valence electrons. The van der Waals surface area contributed by atoms with Gasteiger partial charge in [0, 0.05) is 5.92 Å². The van der Waals surface area contributed by atoms with Crippen molar-refractivity contribution in [3.05, 3.63) is 15.2 Å². The molecule has 0 aliphatic carbocycles. The van der Waals surface area contributed by atoms with Crippen LogP contribution in [0.4, 0.5) is 0 Å². The lowest BCUT2D eigenvalue weighted by atomic mass is 9.96. The second kappa shape index (κ2) is 8.94. The van der Waals surface area contributed by atoms with Crippen LogP contribution in [0.2, 0.25) is 0 Å². The van der Waals surface area contributed by atoms with E-state index in [0.717, 1.165) is 28.8 Å². The maximum Gasteiger partial charge on any atom is 0.200 e. The third-order valence-electron chi connectivity index (χ3n) is 3.07. The number of hydrogen-bond donors (Lipinski definition) is 1. The summed E-state index contributed by atoms with van der Waals surface area (Å²) in [5.74, 6) is 0.998. The second-order valence-corrected chi connectivity index (χ2v) is 6.85. The molecule has 0 aliphatic rings. The molecule has 2 unspecified atom stereocenters. The minimum Gasteiger partial charge on any atom is -0.463 e. The first-order chi connectivity index (χ1) is 8.69. The normalized spacial score (nSPS) is 14.4. The van der Waals surface area contributed by atoms with Crippen LogP contribution in [-0.2, 0) is 0 Å². The maximum atomic E-state index is 10.2. The summed E-state index contributed by atoms with van der Waals surface area (Å²) < 4.78 is 6.60. The van der Waals surface area contributed by atoms with Gasteiger partial charge in [0.05, 0.1) is 0 Å². The van der Waals surface area contributed by atoms with Gasteiger partial charge in [-0.2, -0.15) is 0 Å². The van der Waals surface area contributed by atoms with E-state index in [-0.39, 0.29) is 5.92 Å². The highest BCUT2D eigenvalue weighted by Gasteiger charge is 2.20. The van der Waals surface area contributed by atoms with Crippen molar-refractivity contribution in [1.29, 1.82) is 0 Å². The van der Waals surface area contributed by atoms with Crippen molar-refractivity contribution in [2.24, 2.45) is 5.92 Å². The maximum absolute atomic E-state index is 10.2. The molecule has 18 heavy (non-hydrogen) atoms. The van der Waals surface area contributed by atoms with Gasteiger partial charge in [0.15, 0.2) is 6.29 Å². The Kier molecular flexibility index (Phi) is 7.95. The fraction of sp³-hybridized carbons (Fsp3) is 0.714. The average molecular weight is 335 g/mol. The van der Waals surface area contributed by atoms with Crippen molar-refractivity contribution in [1.82, 2.24) is 0 Å². The van der Waals surface area contributed by atoms with Crippen molar-refractivity contribution in [2.75, 3.05) is 0 Å². The third-order valence-corrected chi connectivity index (χ3v) is 4.71. The molecular formula is C14H23BrO2S. The Labute approximate surface area is 122 Å². The molecule has 1 aromatic rings. The Morgan fingerprint density at radius 3 is 2.61 bits per heavy atom. The van der Waals surface area contributed by atoms with Crippen LogP contribution < -0.4 is 4.74 Å². The van der Waals surface area contributed by atoms with E-state index in [9.17, 15) is 5.11 Å². The molecule has 0 radical (unpaired) electrons. The first-order valence-corrected chi connectivity index (χ1v) is 8.44. The van der Waals surface area contributed by atoms with Gasteiger partial charge in [0.1, 0.15) is 9.54 Å². The number of hydrogen-bond acceptors (Lipinski definition) is 3. The summed E-state index contributed by atoms with van der Waals surface area (Å²) in [5.41, 5.74) is 0. The molecule has 4 heteroatoms. The minimum atomic E-state index is -0.687. The van der Waals surface area contributed by atoms with E-state index < -0.39 is 6.29 Å². The number of aliphatic hydroxyl groups is 1. The van der Waals surface area contributed by atoms with E-state index in [1.54, 1.807) is 11.3 Å². The number of thiophene rings is 1. The summed E-state index contributed by atoms with van der Waals surface area (Å²) >= 11 is 5.00. The first-order valence-electron chi connectivity index (χ1n) is 6.76. The standard InChI is InChI=1S/C14H23BrO2S/c1-3-5-6-8-11(7-4-2)14(16)17-12-9-10-18-13(12)15/h9-11,14,16H,3-8H2,1-2H3. The van der Waals surface area contributed by atoms with Crippen LogP contribution in [0.5, 0.6) is 5.75 Å².